The minimum Gasteiger partial charge on any atom is -0.367 e. The summed E-state index contributed by atoms with van der Waals surface area (Å²) in [5, 5.41) is 3.54. The first kappa shape index (κ1) is 18.8. The van der Waals surface area contributed by atoms with Crippen molar-refractivity contribution in [2.45, 2.75) is 39.8 Å². The summed E-state index contributed by atoms with van der Waals surface area (Å²) in [5.74, 6) is 0. The second-order valence-corrected chi connectivity index (χ2v) is 8.46. The second-order valence-electron chi connectivity index (χ2n) is 8.46. The van der Waals surface area contributed by atoms with Gasteiger partial charge in [0.25, 0.3) is 5.56 Å². The van der Waals surface area contributed by atoms with Gasteiger partial charge in [0.1, 0.15) is 5.65 Å². The summed E-state index contributed by atoms with van der Waals surface area (Å²) >= 11 is 0. The molecular weight excluding hydrogens is 376 g/mol. The second kappa shape index (κ2) is 6.95. The van der Waals surface area contributed by atoms with Crippen LogP contribution in [0.2, 0.25) is 0 Å². The van der Waals surface area contributed by atoms with Crippen molar-refractivity contribution in [2.24, 2.45) is 0 Å². The molecule has 5 heterocycles. The quantitative estimate of drug-likeness (QED) is 0.559. The number of nitrogens with zero attached hydrogens (tertiary/aromatic N) is 5. The standard InChI is InChI=1S/C23H26N6O/c1-14-9-27(10-15(2)24-14)19-5-6-22-26-20(8-23(30)29(22)13-19)18-7-21-17(4)25-16(3)11-28(21)12-18/h5-8,11-15,24H,9-10H2,1-4H3/t14-,15+. The monoisotopic (exact) mass is 402 g/mol. The van der Waals surface area contributed by atoms with Crippen LogP contribution < -0.4 is 15.8 Å². The first-order chi connectivity index (χ1) is 14.4. The van der Waals surface area contributed by atoms with Crippen molar-refractivity contribution >= 4 is 16.9 Å². The smallest absolute Gasteiger partial charge is 0.258 e. The number of anilines is 1. The molecule has 1 saturated heterocycles. The molecule has 1 fully saturated rings. The van der Waals surface area contributed by atoms with Crippen LogP contribution in [0.25, 0.3) is 22.4 Å². The Labute approximate surface area is 175 Å². The van der Waals surface area contributed by atoms with E-state index in [-0.39, 0.29) is 5.56 Å². The highest BCUT2D eigenvalue weighted by Gasteiger charge is 2.21. The molecule has 1 aliphatic rings. The number of piperazine rings is 1. The lowest BCUT2D eigenvalue weighted by atomic mass is 10.1. The largest absolute Gasteiger partial charge is 0.367 e. The molecule has 154 valence electrons. The lowest BCUT2D eigenvalue weighted by Crippen LogP contribution is -2.54. The van der Waals surface area contributed by atoms with E-state index < -0.39 is 0 Å². The third kappa shape index (κ3) is 3.25. The average molecular weight is 403 g/mol. The highest BCUT2D eigenvalue weighted by Crippen LogP contribution is 2.23. The predicted molar refractivity (Wildman–Crippen MR) is 119 cm³/mol. The van der Waals surface area contributed by atoms with Gasteiger partial charge in [0.2, 0.25) is 0 Å². The van der Waals surface area contributed by atoms with Gasteiger partial charge < -0.3 is 14.6 Å². The van der Waals surface area contributed by atoms with E-state index in [9.17, 15) is 4.79 Å². The van der Waals surface area contributed by atoms with Crippen molar-refractivity contribution in [1.82, 2.24) is 24.1 Å². The molecule has 0 spiro atoms. The Hall–Kier alpha value is -3.19. The maximum atomic E-state index is 12.9. The summed E-state index contributed by atoms with van der Waals surface area (Å²) < 4.78 is 3.69. The Kier molecular flexibility index (Phi) is 4.36. The van der Waals surface area contributed by atoms with Gasteiger partial charge in [-0.15, -0.1) is 0 Å². The summed E-state index contributed by atoms with van der Waals surface area (Å²) in [6.45, 7) is 10.2. The molecule has 1 aliphatic heterocycles. The van der Waals surface area contributed by atoms with Crippen LogP contribution >= 0.6 is 0 Å². The van der Waals surface area contributed by atoms with Crippen LogP contribution in [-0.4, -0.2) is 43.9 Å². The molecule has 0 bridgehead atoms. The van der Waals surface area contributed by atoms with Crippen LogP contribution in [0.1, 0.15) is 25.2 Å². The average Bonchev–Trinajstić information content (AvgIpc) is 3.11. The zero-order valence-electron chi connectivity index (χ0n) is 17.8. The number of pyridine rings is 1. The Balaban J connectivity index is 1.56. The van der Waals surface area contributed by atoms with Gasteiger partial charge in [0.05, 0.1) is 28.3 Å². The molecule has 5 rings (SSSR count). The number of fused-ring (bicyclic) bond motifs is 2. The van der Waals surface area contributed by atoms with E-state index in [1.165, 1.54) is 0 Å². The minimum atomic E-state index is -0.0747. The van der Waals surface area contributed by atoms with Gasteiger partial charge in [-0.2, -0.15) is 0 Å². The van der Waals surface area contributed by atoms with E-state index in [1.807, 2.05) is 49.0 Å². The van der Waals surface area contributed by atoms with E-state index in [1.54, 1.807) is 10.5 Å². The van der Waals surface area contributed by atoms with E-state index >= 15 is 0 Å². The fourth-order valence-electron chi connectivity index (χ4n) is 4.53. The molecule has 4 aromatic heterocycles. The van der Waals surface area contributed by atoms with Gasteiger partial charge in [0.15, 0.2) is 0 Å². The Morgan fingerprint density at radius 2 is 1.77 bits per heavy atom. The number of hydrogen-bond acceptors (Lipinski definition) is 5. The fraction of sp³-hybridized carbons (Fsp3) is 0.348. The molecule has 0 radical (unpaired) electrons. The Morgan fingerprint density at radius 3 is 2.53 bits per heavy atom. The predicted octanol–water partition coefficient (Wildman–Crippen LogP) is 2.81. The van der Waals surface area contributed by atoms with Crippen LogP contribution in [0.3, 0.4) is 0 Å². The SMILES string of the molecule is Cc1cn2cc(-c3cc(=O)n4cc(N5C[C@@H](C)N[C@@H](C)C5)ccc4n3)cc2c(C)n1. The van der Waals surface area contributed by atoms with Crippen molar-refractivity contribution < 1.29 is 0 Å². The van der Waals surface area contributed by atoms with Crippen molar-refractivity contribution in [2.75, 3.05) is 18.0 Å². The van der Waals surface area contributed by atoms with Gasteiger partial charge >= 0.3 is 0 Å². The summed E-state index contributed by atoms with van der Waals surface area (Å²) in [6, 6.07) is 8.47. The van der Waals surface area contributed by atoms with E-state index in [0.29, 0.717) is 23.4 Å². The molecule has 4 aromatic rings. The Morgan fingerprint density at radius 1 is 1.00 bits per heavy atom. The third-order valence-electron chi connectivity index (χ3n) is 5.75. The Bertz CT molecular complexity index is 1310. The minimum absolute atomic E-state index is 0.0747. The maximum Gasteiger partial charge on any atom is 0.258 e. The van der Waals surface area contributed by atoms with Crippen molar-refractivity contribution in [1.29, 1.82) is 0 Å². The third-order valence-corrected chi connectivity index (χ3v) is 5.75. The molecule has 0 amide bonds. The van der Waals surface area contributed by atoms with Crippen LogP contribution in [0.4, 0.5) is 5.69 Å². The zero-order valence-corrected chi connectivity index (χ0v) is 17.8. The molecule has 30 heavy (non-hydrogen) atoms. The summed E-state index contributed by atoms with van der Waals surface area (Å²) in [5.41, 5.74) is 6.16. The zero-order chi connectivity index (χ0) is 21.0. The molecule has 0 saturated carbocycles. The highest BCUT2D eigenvalue weighted by atomic mass is 16.1. The number of hydrogen-bond donors (Lipinski definition) is 1. The summed E-state index contributed by atoms with van der Waals surface area (Å²) in [6.07, 6.45) is 5.90. The van der Waals surface area contributed by atoms with Crippen LogP contribution in [-0.2, 0) is 0 Å². The molecule has 0 aliphatic carbocycles. The molecule has 7 heteroatoms. The van der Waals surface area contributed by atoms with Gasteiger partial charge in [-0.05, 0) is 45.9 Å². The van der Waals surface area contributed by atoms with Gasteiger partial charge in [-0.1, -0.05) is 0 Å². The molecule has 0 unspecified atom stereocenters. The molecule has 0 aromatic carbocycles. The summed E-state index contributed by atoms with van der Waals surface area (Å²) in [4.78, 5) is 24.6. The van der Waals surface area contributed by atoms with E-state index in [2.05, 4.69) is 35.1 Å². The molecule has 1 N–H and O–H groups in total. The number of aromatic nitrogens is 4. The molecule has 7 nitrogen and oxygen atoms in total. The number of aryl methyl sites for hydroxylation is 2. The number of rotatable bonds is 2. The van der Waals surface area contributed by atoms with Crippen molar-refractivity contribution in [3.63, 3.8) is 0 Å². The molecule has 2 atom stereocenters. The number of nitrogens with one attached hydrogen (secondary N) is 1. The van der Waals surface area contributed by atoms with Crippen molar-refractivity contribution in [3.8, 4) is 11.3 Å². The normalized spacial score (nSPS) is 19.7. The fourth-order valence-corrected chi connectivity index (χ4v) is 4.53. The van der Waals surface area contributed by atoms with E-state index in [4.69, 9.17) is 4.98 Å². The lowest BCUT2D eigenvalue weighted by Gasteiger charge is -2.37. The van der Waals surface area contributed by atoms with Crippen LogP contribution in [0.5, 0.6) is 0 Å². The molecular formula is C23H26N6O. The van der Waals surface area contributed by atoms with Gasteiger partial charge in [-0.25, -0.2) is 4.98 Å². The van der Waals surface area contributed by atoms with Crippen LogP contribution in [0, 0.1) is 13.8 Å². The maximum absolute atomic E-state index is 12.9. The highest BCUT2D eigenvalue weighted by molar-refractivity contribution is 5.70. The van der Waals surface area contributed by atoms with Gasteiger partial charge in [0, 0.05) is 55.4 Å². The van der Waals surface area contributed by atoms with Gasteiger partial charge in [-0.3, -0.25) is 14.2 Å². The summed E-state index contributed by atoms with van der Waals surface area (Å²) in [7, 11) is 0. The topological polar surface area (TPSA) is 66.9 Å². The van der Waals surface area contributed by atoms with Crippen molar-refractivity contribution in [3.05, 3.63) is 64.6 Å². The van der Waals surface area contributed by atoms with E-state index in [0.717, 1.165) is 41.2 Å². The first-order valence-corrected chi connectivity index (χ1v) is 10.4. The lowest BCUT2D eigenvalue weighted by molar-refractivity contribution is 0.407. The van der Waals surface area contributed by atoms with Crippen LogP contribution in [0.15, 0.2) is 47.7 Å². The first-order valence-electron chi connectivity index (χ1n) is 10.4.